The van der Waals surface area contributed by atoms with Crippen molar-refractivity contribution in [2.24, 2.45) is 5.92 Å². The molecule has 0 unspecified atom stereocenters. The summed E-state index contributed by atoms with van der Waals surface area (Å²) in [7, 11) is 0. The third kappa shape index (κ3) is 4.10. The topological polar surface area (TPSA) is 81.8 Å². The van der Waals surface area contributed by atoms with Gasteiger partial charge < -0.3 is 5.32 Å². The zero-order valence-electron chi connectivity index (χ0n) is 17.2. The molecule has 7 nitrogen and oxygen atoms in total. The van der Waals surface area contributed by atoms with Crippen LogP contribution in [0.1, 0.15) is 25.8 Å². The van der Waals surface area contributed by atoms with Gasteiger partial charge in [0, 0.05) is 13.0 Å². The Hall–Kier alpha value is -3.48. The van der Waals surface area contributed by atoms with Gasteiger partial charge in [-0.3, -0.25) is 14.2 Å². The van der Waals surface area contributed by atoms with Crippen LogP contribution in [-0.2, 0) is 17.9 Å². The van der Waals surface area contributed by atoms with E-state index in [2.05, 4.69) is 33.6 Å². The first kappa shape index (κ1) is 19.8. The predicted molar refractivity (Wildman–Crippen MR) is 117 cm³/mol. The van der Waals surface area contributed by atoms with Crippen molar-refractivity contribution in [1.82, 2.24) is 24.6 Å². The minimum atomic E-state index is -0.122. The Morgan fingerprint density at radius 2 is 1.90 bits per heavy atom. The lowest BCUT2D eigenvalue weighted by Crippen LogP contribution is -2.28. The molecule has 0 aliphatic rings. The fourth-order valence-corrected chi connectivity index (χ4v) is 3.63. The number of benzene rings is 2. The normalized spacial score (nSPS) is 11.4. The molecule has 4 rings (SSSR count). The smallest absolute Gasteiger partial charge is 0.264 e. The van der Waals surface area contributed by atoms with Crippen LogP contribution in [0.2, 0.25) is 0 Å². The monoisotopic (exact) mass is 403 g/mol. The van der Waals surface area contributed by atoms with Crippen LogP contribution < -0.4 is 10.9 Å². The fraction of sp³-hybridized carbons (Fsp3) is 0.304. The fourth-order valence-electron chi connectivity index (χ4n) is 3.63. The average molecular weight is 403 g/mol. The van der Waals surface area contributed by atoms with Gasteiger partial charge in [-0.1, -0.05) is 56.3 Å². The van der Waals surface area contributed by atoms with E-state index < -0.39 is 0 Å². The van der Waals surface area contributed by atoms with Gasteiger partial charge in [-0.05, 0) is 22.3 Å². The van der Waals surface area contributed by atoms with Crippen LogP contribution in [0.25, 0.3) is 21.8 Å². The molecule has 2 aromatic heterocycles. The highest BCUT2D eigenvalue weighted by molar-refractivity contribution is 5.85. The highest BCUT2D eigenvalue weighted by atomic mass is 16.1. The summed E-state index contributed by atoms with van der Waals surface area (Å²) in [5.41, 5.74) is 1.48. The van der Waals surface area contributed by atoms with Crippen LogP contribution in [0.4, 0.5) is 0 Å². The van der Waals surface area contributed by atoms with E-state index in [4.69, 9.17) is 0 Å². The summed E-state index contributed by atoms with van der Waals surface area (Å²) in [6, 6.07) is 14.2. The molecule has 0 radical (unpaired) electrons. The van der Waals surface area contributed by atoms with E-state index >= 15 is 0 Å². The van der Waals surface area contributed by atoms with E-state index in [-0.39, 0.29) is 11.5 Å². The Bertz CT molecular complexity index is 1250. The van der Waals surface area contributed by atoms with Gasteiger partial charge in [-0.2, -0.15) is 5.10 Å². The van der Waals surface area contributed by atoms with Crippen molar-refractivity contribution < 1.29 is 4.79 Å². The number of amides is 1. The van der Waals surface area contributed by atoms with E-state index in [1.807, 2.05) is 38.1 Å². The molecule has 1 amide bonds. The molecule has 0 atom stereocenters. The molecule has 1 N–H and O–H groups in total. The first-order chi connectivity index (χ1) is 14.5. The quantitative estimate of drug-likeness (QED) is 0.514. The molecule has 30 heavy (non-hydrogen) atoms. The highest BCUT2D eigenvalue weighted by Crippen LogP contribution is 2.19. The van der Waals surface area contributed by atoms with E-state index in [1.165, 1.54) is 0 Å². The Kier molecular flexibility index (Phi) is 5.61. The molecule has 0 saturated heterocycles. The molecule has 2 heterocycles. The van der Waals surface area contributed by atoms with Crippen molar-refractivity contribution in [2.75, 3.05) is 6.54 Å². The van der Waals surface area contributed by atoms with Crippen molar-refractivity contribution in [3.63, 3.8) is 0 Å². The van der Waals surface area contributed by atoms with Gasteiger partial charge >= 0.3 is 0 Å². The largest absolute Gasteiger partial charge is 0.354 e. The average Bonchev–Trinajstić information content (AvgIpc) is 3.13. The molecular weight excluding hydrogens is 378 g/mol. The molecule has 0 aliphatic heterocycles. The third-order valence-electron chi connectivity index (χ3n) is 5.08. The summed E-state index contributed by atoms with van der Waals surface area (Å²) in [4.78, 5) is 29.3. The lowest BCUT2D eigenvalue weighted by molar-refractivity contribution is -0.121. The van der Waals surface area contributed by atoms with Gasteiger partial charge in [-0.25, -0.2) is 9.67 Å². The van der Waals surface area contributed by atoms with Gasteiger partial charge in [0.1, 0.15) is 11.7 Å². The van der Waals surface area contributed by atoms with Crippen LogP contribution in [0.3, 0.4) is 0 Å². The number of hydrogen-bond acceptors (Lipinski definition) is 4. The Balaban J connectivity index is 1.54. The minimum Gasteiger partial charge on any atom is -0.354 e. The summed E-state index contributed by atoms with van der Waals surface area (Å²) >= 11 is 0. The van der Waals surface area contributed by atoms with Gasteiger partial charge in [-0.15, -0.1) is 0 Å². The number of carbonyl (C=O) groups is 1. The van der Waals surface area contributed by atoms with Crippen molar-refractivity contribution in [3.8, 4) is 0 Å². The molecule has 0 saturated carbocycles. The molecule has 7 heteroatoms. The maximum Gasteiger partial charge on any atom is 0.264 e. The van der Waals surface area contributed by atoms with Crippen LogP contribution in [0, 0.1) is 5.92 Å². The molecule has 0 bridgehead atoms. The summed E-state index contributed by atoms with van der Waals surface area (Å²) in [6.07, 6.45) is 3.62. The molecular formula is C23H25N5O2. The van der Waals surface area contributed by atoms with Crippen LogP contribution >= 0.6 is 0 Å². The number of hydrogen-bond donors (Lipinski definition) is 1. The number of nitrogens with one attached hydrogen (secondary N) is 1. The number of nitrogens with zero attached hydrogens (tertiary/aromatic N) is 4. The maximum atomic E-state index is 13.0. The lowest BCUT2D eigenvalue weighted by atomic mass is 10.0. The van der Waals surface area contributed by atoms with Crippen molar-refractivity contribution in [1.29, 1.82) is 0 Å². The second-order valence-corrected chi connectivity index (χ2v) is 7.87. The summed E-state index contributed by atoms with van der Waals surface area (Å²) in [6.45, 7) is 5.37. The molecule has 154 valence electrons. The lowest BCUT2D eigenvalue weighted by Gasteiger charge is -2.10. The van der Waals surface area contributed by atoms with E-state index in [0.717, 1.165) is 16.3 Å². The van der Waals surface area contributed by atoms with Crippen molar-refractivity contribution >= 4 is 27.7 Å². The maximum absolute atomic E-state index is 13.0. The van der Waals surface area contributed by atoms with Gasteiger partial charge in [0.05, 0.1) is 19.3 Å². The van der Waals surface area contributed by atoms with E-state index in [0.29, 0.717) is 43.0 Å². The second-order valence-electron chi connectivity index (χ2n) is 7.87. The number of carbonyl (C=O) groups excluding carboxylic acids is 1. The second kappa shape index (κ2) is 8.49. The van der Waals surface area contributed by atoms with Crippen molar-refractivity contribution in [3.05, 3.63) is 70.9 Å². The zero-order chi connectivity index (χ0) is 21.1. The number of fused-ring (bicyclic) bond motifs is 2. The van der Waals surface area contributed by atoms with Crippen molar-refractivity contribution in [2.45, 2.75) is 33.4 Å². The van der Waals surface area contributed by atoms with E-state index in [1.54, 1.807) is 21.8 Å². The Labute approximate surface area is 174 Å². The molecule has 0 fully saturated rings. The van der Waals surface area contributed by atoms with Gasteiger partial charge in [0.15, 0.2) is 5.65 Å². The number of rotatable bonds is 7. The summed E-state index contributed by atoms with van der Waals surface area (Å²) in [5, 5.41) is 9.93. The van der Waals surface area contributed by atoms with Crippen LogP contribution in [-0.4, -0.2) is 31.8 Å². The van der Waals surface area contributed by atoms with Gasteiger partial charge in [0.25, 0.3) is 5.56 Å². The molecule has 0 aliphatic carbocycles. The Morgan fingerprint density at radius 1 is 1.10 bits per heavy atom. The third-order valence-corrected chi connectivity index (χ3v) is 5.08. The molecule has 4 aromatic rings. The summed E-state index contributed by atoms with van der Waals surface area (Å²) < 4.78 is 3.27. The van der Waals surface area contributed by atoms with Gasteiger partial charge in [0.2, 0.25) is 5.91 Å². The number of aromatic nitrogens is 4. The first-order valence-electron chi connectivity index (χ1n) is 10.2. The van der Waals surface area contributed by atoms with Crippen LogP contribution in [0.5, 0.6) is 0 Å². The molecule has 0 spiro atoms. The predicted octanol–water partition coefficient (Wildman–Crippen LogP) is 2.96. The highest BCUT2D eigenvalue weighted by Gasteiger charge is 2.12. The zero-order valence-corrected chi connectivity index (χ0v) is 17.2. The van der Waals surface area contributed by atoms with Crippen LogP contribution in [0.15, 0.2) is 59.8 Å². The summed E-state index contributed by atoms with van der Waals surface area (Å²) in [5.74, 6) is 0.337. The standard InChI is InChI=1S/C23H25N5O2/c1-16(2)12-21(29)24-10-11-28-22-20(13-26-28)23(30)27(15-25-22)14-18-8-5-7-17-6-3-4-9-19(17)18/h3-9,13,15-16H,10-12,14H2,1-2H3,(H,24,29). The Morgan fingerprint density at radius 3 is 2.73 bits per heavy atom. The molecule has 2 aromatic carbocycles. The van der Waals surface area contributed by atoms with E-state index in [9.17, 15) is 9.59 Å². The first-order valence-corrected chi connectivity index (χ1v) is 10.2. The minimum absolute atomic E-state index is 0.0202. The SMILES string of the molecule is CC(C)CC(=O)NCCn1ncc2c(=O)n(Cc3cccc4ccccc34)cnc21.